The number of nitrogens with zero attached hydrogens (tertiary/aromatic N) is 2. The second-order valence-electron chi connectivity index (χ2n) is 3.08. The summed E-state index contributed by atoms with van der Waals surface area (Å²) in [7, 11) is 0. The fourth-order valence-corrected chi connectivity index (χ4v) is 1.33. The molecule has 1 aliphatic heterocycles. The molecule has 0 radical (unpaired) electrons. The van der Waals surface area contributed by atoms with E-state index < -0.39 is 6.10 Å². The molecule has 1 aliphatic rings. The van der Waals surface area contributed by atoms with Crippen molar-refractivity contribution in [2.24, 2.45) is 0 Å². The average molecular weight is 216 g/mol. The van der Waals surface area contributed by atoms with Crippen molar-refractivity contribution in [3.63, 3.8) is 0 Å². The lowest BCUT2D eigenvalue weighted by Crippen LogP contribution is -2.32. The molecule has 76 valence electrons. The Morgan fingerprint density at radius 1 is 1.43 bits per heavy atom. The summed E-state index contributed by atoms with van der Waals surface area (Å²) in [6, 6.07) is -0.142. The Balaban J connectivity index is 2.00. The Morgan fingerprint density at radius 2 is 2.14 bits per heavy atom. The van der Waals surface area contributed by atoms with Gasteiger partial charge in [0.1, 0.15) is 0 Å². The predicted octanol–water partition coefficient (Wildman–Crippen LogP) is 0.302. The average Bonchev–Trinajstić information content (AvgIpc) is 2.56. The maximum absolute atomic E-state index is 9.44. The van der Waals surface area contributed by atoms with E-state index in [4.69, 9.17) is 16.3 Å². The first kappa shape index (κ1) is 9.64. The predicted molar refractivity (Wildman–Crippen MR) is 51.3 cm³/mol. The minimum Gasteiger partial charge on any atom is -0.388 e. The highest BCUT2D eigenvalue weighted by Gasteiger charge is 2.26. The normalized spacial score (nSPS) is 26.4. The van der Waals surface area contributed by atoms with Gasteiger partial charge in [0, 0.05) is 0 Å². The van der Waals surface area contributed by atoms with Crippen molar-refractivity contribution in [1.82, 2.24) is 9.97 Å². The molecule has 0 unspecified atom stereocenters. The Morgan fingerprint density at radius 3 is 2.71 bits per heavy atom. The van der Waals surface area contributed by atoms with Crippen LogP contribution in [0.15, 0.2) is 12.4 Å². The van der Waals surface area contributed by atoms with E-state index >= 15 is 0 Å². The number of rotatable bonds is 2. The van der Waals surface area contributed by atoms with Gasteiger partial charge in [-0.05, 0) is 0 Å². The fourth-order valence-electron chi connectivity index (χ4n) is 1.23. The third kappa shape index (κ3) is 2.12. The zero-order valence-electron chi connectivity index (χ0n) is 7.35. The second-order valence-corrected chi connectivity index (χ2v) is 3.52. The Labute approximate surface area is 86.1 Å². The molecule has 1 aromatic heterocycles. The van der Waals surface area contributed by atoms with Gasteiger partial charge in [-0.3, -0.25) is 0 Å². The molecule has 1 saturated heterocycles. The molecule has 14 heavy (non-hydrogen) atoms. The van der Waals surface area contributed by atoms with Crippen LogP contribution in [0.4, 0.5) is 5.95 Å². The van der Waals surface area contributed by atoms with Gasteiger partial charge in [-0.2, -0.15) is 0 Å². The Kier molecular flexibility index (Phi) is 2.81. The van der Waals surface area contributed by atoms with Gasteiger partial charge >= 0.3 is 0 Å². The van der Waals surface area contributed by atoms with Crippen LogP contribution in [-0.2, 0) is 4.74 Å². The van der Waals surface area contributed by atoms with Crippen LogP contribution in [0.25, 0.3) is 0 Å². The van der Waals surface area contributed by atoms with Gasteiger partial charge in [-0.25, -0.2) is 9.97 Å². The van der Waals surface area contributed by atoms with Crippen molar-refractivity contribution >= 4 is 17.5 Å². The van der Waals surface area contributed by atoms with Gasteiger partial charge in [0.15, 0.2) is 0 Å². The van der Waals surface area contributed by atoms with Crippen LogP contribution in [0.5, 0.6) is 0 Å². The van der Waals surface area contributed by atoms with Crippen molar-refractivity contribution < 1.29 is 9.84 Å². The molecular formula is C8H10ClN3O2. The van der Waals surface area contributed by atoms with Crippen LogP contribution in [0.1, 0.15) is 0 Å². The standard InChI is InChI=1S/C8H10ClN3O2/c9-5-1-10-8(11-2-5)12-6-3-14-4-7(6)13/h1-2,6-7,13H,3-4H2,(H,10,11,12)/t6-,7-/m0/s1. The molecule has 0 bridgehead atoms. The molecular weight excluding hydrogens is 206 g/mol. The maximum Gasteiger partial charge on any atom is 0.223 e. The molecule has 6 heteroatoms. The zero-order valence-corrected chi connectivity index (χ0v) is 8.11. The minimum absolute atomic E-state index is 0.142. The molecule has 2 N–H and O–H groups in total. The van der Waals surface area contributed by atoms with Crippen LogP contribution in [0.3, 0.4) is 0 Å². The van der Waals surface area contributed by atoms with Crippen molar-refractivity contribution in [3.05, 3.63) is 17.4 Å². The van der Waals surface area contributed by atoms with Crippen molar-refractivity contribution in [2.45, 2.75) is 12.1 Å². The molecule has 1 aromatic rings. The molecule has 5 nitrogen and oxygen atoms in total. The van der Waals surface area contributed by atoms with Gasteiger partial charge in [0.2, 0.25) is 5.95 Å². The Bertz CT molecular complexity index is 306. The monoisotopic (exact) mass is 215 g/mol. The van der Waals surface area contributed by atoms with E-state index in [1.54, 1.807) is 0 Å². The highest BCUT2D eigenvalue weighted by atomic mass is 35.5. The van der Waals surface area contributed by atoms with Gasteiger partial charge < -0.3 is 15.2 Å². The first-order valence-electron chi connectivity index (χ1n) is 4.25. The van der Waals surface area contributed by atoms with E-state index in [2.05, 4.69) is 15.3 Å². The van der Waals surface area contributed by atoms with Gasteiger partial charge in [0.25, 0.3) is 0 Å². The number of halogens is 1. The maximum atomic E-state index is 9.44. The topological polar surface area (TPSA) is 67.3 Å². The van der Waals surface area contributed by atoms with Gasteiger partial charge in [-0.15, -0.1) is 0 Å². The molecule has 2 heterocycles. The number of nitrogens with one attached hydrogen (secondary N) is 1. The Hall–Kier alpha value is -0.910. The molecule has 2 rings (SSSR count). The molecule has 0 spiro atoms. The van der Waals surface area contributed by atoms with E-state index in [1.165, 1.54) is 12.4 Å². The molecule has 2 atom stereocenters. The lowest BCUT2D eigenvalue weighted by Gasteiger charge is -2.13. The molecule has 1 fully saturated rings. The van der Waals surface area contributed by atoms with Crippen molar-refractivity contribution in [3.8, 4) is 0 Å². The lowest BCUT2D eigenvalue weighted by atomic mass is 10.2. The number of aliphatic hydroxyl groups excluding tert-OH is 1. The first-order chi connectivity index (χ1) is 6.75. The zero-order chi connectivity index (χ0) is 9.97. The summed E-state index contributed by atoms with van der Waals surface area (Å²) in [5.41, 5.74) is 0. The summed E-state index contributed by atoms with van der Waals surface area (Å²) in [5, 5.41) is 12.9. The van der Waals surface area contributed by atoms with Crippen LogP contribution < -0.4 is 5.32 Å². The van der Waals surface area contributed by atoms with Crippen LogP contribution >= 0.6 is 11.6 Å². The van der Waals surface area contributed by atoms with Crippen LogP contribution in [-0.4, -0.2) is 40.4 Å². The fraction of sp³-hybridized carbons (Fsp3) is 0.500. The molecule has 0 aromatic carbocycles. The van der Waals surface area contributed by atoms with Gasteiger partial charge in [0.05, 0.1) is 42.8 Å². The summed E-state index contributed by atoms with van der Waals surface area (Å²) < 4.78 is 5.07. The molecule has 0 amide bonds. The largest absolute Gasteiger partial charge is 0.388 e. The quantitative estimate of drug-likeness (QED) is 0.743. The number of anilines is 1. The van der Waals surface area contributed by atoms with Gasteiger partial charge in [-0.1, -0.05) is 11.6 Å². The highest BCUT2D eigenvalue weighted by molar-refractivity contribution is 6.30. The van der Waals surface area contributed by atoms with Crippen molar-refractivity contribution in [1.29, 1.82) is 0 Å². The summed E-state index contributed by atoms with van der Waals surface area (Å²) in [5.74, 6) is 0.448. The number of aromatic nitrogens is 2. The molecule has 0 aliphatic carbocycles. The third-order valence-corrected chi connectivity index (χ3v) is 2.18. The van der Waals surface area contributed by atoms with Crippen LogP contribution in [0.2, 0.25) is 5.02 Å². The number of aliphatic hydroxyl groups is 1. The van der Waals surface area contributed by atoms with E-state index in [9.17, 15) is 5.11 Å². The lowest BCUT2D eigenvalue weighted by molar-refractivity contribution is 0.125. The smallest absolute Gasteiger partial charge is 0.223 e. The summed E-state index contributed by atoms with van der Waals surface area (Å²) in [6.45, 7) is 0.818. The summed E-state index contributed by atoms with van der Waals surface area (Å²) in [6.07, 6.45) is 2.49. The number of ether oxygens (including phenoxy) is 1. The highest BCUT2D eigenvalue weighted by Crippen LogP contribution is 2.11. The van der Waals surface area contributed by atoms with Crippen LogP contribution in [0, 0.1) is 0 Å². The van der Waals surface area contributed by atoms with E-state index in [0.29, 0.717) is 24.2 Å². The summed E-state index contributed by atoms with van der Waals surface area (Å²) in [4.78, 5) is 7.91. The van der Waals surface area contributed by atoms with Crippen molar-refractivity contribution in [2.75, 3.05) is 18.5 Å². The third-order valence-electron chi connectivity index (χ3n) is 1.99. The van der Waals surface area contributed by atoms with E-state index in [1.807, 2.05) is 0 Å². The number of hydrogen-bond acceptors (Lipinski definition) is 5. The van der Waals surface area contributed by atoms with E-state index in [-0.39, 0.29) is 6.04 Å². The second kappa shape index (κ2) is 4.08. The number of hydrogen-bond donors (Lipinski definition) is 2. The van der Waals surface area contributed by atoms with E-state index in [0.717, 1.165) is 0 Å². The summed E-state index contributed by atoms with van der Waals surface area (Å²) >= 11 is 5.63. The molecule has 0 saturated carbocycles. The first-order valence-corrected chi connectivity index (χ1v) is 4.63. The minimum atomic E-state index is -0.505. The SMILES string of the molecule is O[C@H]1COC[C@@H]1Nc1ncc(Cl)cn1.